The van der Waals surface area contributed by atoms with E-state index < -0.39 is 6.04 Å². The van der Waals surface area contributed by atoms with Crippen LogP contribution in [0.4, 0.5) is 11.6 Å². The van der Waals surface area contributed by atoms with E-state index in [0.717, 1.165) is 61.2 Å². The van der Waals surface area contributed by atoms with Gasteiger partial charge in [-0.05, 0) is 69.4 Å². The predicted molar refractivity (Wildman–Crippen MR) is 138 cm³/mol. The quantitative estimate of drug-likeness (QED) is 0.417. The largest absolute Gasteiger partial charge is 0.461 e. The third-order valence-corrected chi connectivity index (χ3v) is 6.52. The molecular formula is C26H31N7O3. The monoisotopic (exact) mass is 489 g/mol. The molecule has 1 aromatic carbocycles. The fourth-order valence-electron chi connectivity index (χ4n) is 4.70. The molecular weight excluding hydrogens is 458 g/mol. The van der Waals surface area contributed by atoms with Gasteiger partial charge in [-0.25, -0.2) is 15.0 Å². The second-order valence-corrected chi connectivity index (χ2v) is 9.27. The van der Waals surface area contributed by atoms with Gasteiger partial charge < -0.3 is 19.5 Å². The minimum absolute atomic E-state index is 0.0170. The molecule has 5 rings (SSSR count). The molecule has 2 amide bonds. The van der Waals surface area contributed by atoms with Crippen molar-refractivity contribution >= 4 is 40.4 Å². The van der Waals surface area contributed by atoms with Crippen molar-refractivity contribution < 1.29 is 14.0 Å². The number of aryl methyl sites for hydroxylation is 1. The zero-order chi connectivity index (χ0) is 24.9. The molecule has 4 heterocycles. The number of carbonyl (C=O) groups excluding carboxylic acids is 2. The van der Waals surface area contributed by atoms with Crippen molar-refractivity contribution in [2.24, 2.45) is 4.99 Å². The van der Waals surface area contributed by atoms with Crippen molar-refractivity contribution in [3.63, 3.8) is 0 Å². The first-order valence-corrected chi connectivity index (χ1v) is 12.5. The Hall–Kier alpha value is -3.95. The molecule has 0 bridgehead atoms. The molecule has 1 atom stereocenters. The number of carbonyl (C=O) groups is 2. The van der Waals surface area contributed by atoms with Gasteiger partial charge in [0.15, 0.2) is 0 Å². The zero-order valence-electron chi connectivity index (χ0n) is 20.4. The highest BCUT2D eigenvalue weighted by Crippen LogP contribution is 2.23. The highest BCUT2D eigenvalue weighted by molar-refractivity contribution is 6.04. The summed E-state index contributed by atoms with van der Waals surface area (Å²) in [5.74, 6) is 1.46. The summed E-state index contributed by atoms with van der Waals surface area (Å²) in [5.41, 5.74) is 1.58. The lowest BCUT2D eigenvalue weighted by Gasteiger charge is -2.25. The average Bonchev–Trinajstić information content (AvgIpc) is 3.50. The Balaban J connectivity index is 1.38. The lowest BCUT2D eigenvalue weighted by molar-refractivity contribution is -0.140. The van der Waals surface area contributed by atoms with Gasteiger partial charge in [0.25, 0.3) is 0 Å². The van der Waals surface area contributed by atoms with E-state index in [-0.39, 0.29) is 18.4 Å². The number of nitrogens with one attached hydrogen (secondary N) is 2. The number of anilines is 2. The summed E-state index contributed by atoms with van der Waals surface area (Å²) in [6.45, 7) is 4.14. The summed E-state index contributed by atoms with van der Waals surface area (Å²) in [7, 11) is 0. The number of hydrogen-bond acceptors (Lipinski definition) is 6. The number of guanidine groups is 1. The molecule has 1 unspecified atom stereocenters. The second kappa shape index (κ2) is 10.8. The minimum Gasteiger partial charge on any atom is -0.461 e. The summed E-state index contributed by atoms with van der Waals surface area (Å²) in [4.78, 5) is 43.0. The van der Waals surface area contributed by atoms with E-state index in [4.69, 9.17) is 9.41 Å². The molecule has 0 saturated carbocycles. The van der Waals surface area contributed by atoms with E-state index >= 15 is 0 Å². The first kappa shape index (κ1) is 23.8. The topological polar surface area (TPSA) is 116 Å². The van der Waals surface area contributed by atoms with Gasteiger partial charge in [-0.15, -0.1) is 0 Å². The van der Waals surface area contributed by atoms with Crippen molar-refractivity contribution in [2.45, 2.75) is 45.1 Å². The van der Waals surface area contributed by atoms with Crippen LogP contribution in [0.25, 0.3) is 11.0 Å². The van der Waals surface area contributed by atoms with Crippen LogP contribution in [0.1, 0.15) is 37.9 Å². The van der Waals surface area contributed by atoms with Gasteiger partial charge in [0.05, 0.1) is 6.54 Å². The summed E-state index contributed by atoms with van der Waals surface area (Å²) in [6.07, 6.45) is 7.63. The molecule has 36 heavy (non-hydrogen) atoms. The van der Waals surface area contributed by atoms with Gasteiger partial charge in [-0.3, -0.25) is 14.9 Å². The molecule has 2 aliphatic heterocycles. The Bertz CT molecular complexity index is 1250. The fraction of sp³-hybridized carbons (Fsp3) is 0.423. The van der Waals surface area contributed by atoms with E-state index in [9.17, 15) is 9.59 Å². The molecule has 2 saturated heterocycles. The molecule has 2 aliphatic rings. The number of fused-ring (bicyclic) bond motifs is 1. The van der Waals surface area contributed by atoms with Crippen LogP contribution in [0.3, 0.4) is 0 Å². The van der Waals surface area contributed by atoms with Crippen LogP contribution in [-0.4, -0.2) is 69.8 Å². The number of amides is 2. The highest BCUT2D eigenvalue weighted by Gasteiger charge is 2.30. The van der Waals surface area contributed by atoms with Crippen LogP contribution in [0, 0.1) is 6.92 Å². The Morgan fingerprint density at radius 3 is 2.67 bits per heavy atom. The minimum atomic E-state index is -0.613. The summed E-state index contributed by atoms with van der Waals surface area (Å²) in [6, 6.07) is 8.83. The van der Waals surface area contributed by atoms with Gasteiger partial charge in [-0.2, -0.15) is 0 Å². The molecule has 3 aromatic rings. The van der Waals surface area contributed by atoms with E-state index in [0.29, 0.717) is 24.9 Å². The number of nitrogens with zero attached hydrogens (tertiary/aromatic N) is 5. The van der Waals surface area contributed by atoms with Gasteiger partial charge in [0, 0.05) is 43.1 Å². The fourth-order valence-corrected chi connectivity index (χ4v) is 4.70. The normalized spacial score (nSPS) is 19.0. The van der Waals surface area contributed by atoms with E-state index in [2.05, 4.69) is 20.6 Å². The van der Waals surface area contributed by atoms with Crippen molar-refractivity contribution in [2.75, 3.05) is 36.8 Å². The number of aliphatic imine (C=N–C) groups is 1. The third kappa shape index (κ3) is 5.64. The molecule has 10 heteroatoms. The van der Waals surface area contributed by atoms with Crippen LogP contribution in [0.5, 0.6) is 0 Å². The maximum absolute atomic E-state index is 13.5. The summed E-state index contributed by atoms with van der Waals surface area (Å²) in [5, 5.41) is 7.37. The smallest absolute Gasteiger partial charge is 0.247 e. The number of likely N-dealkylation sites (tertiary alicyclic amines) is 2. The first-order valence-electron chi connectivity index (χ1n) is 12.5. The number of hydrogen-bond donors (Lipinski definition) is 2. The van der Waals surface area contributed by atoms with Gasteiger partial charge in [0.1, 0.15) is 17.4 Å². The first-order chi connectivity index (χ1) is 17.5. The van der Waals surface area contributed by atoms with Gasteiger partial charge in [-0.1, -0.05) is 0 Å². The van der Waals surface area contributed by atoms with E-state index in [1.165, 1.54) is 0 Å². The van der Waals surface area contributed by atoms with Crippen LogP contribution < -0.4 is 10.6 Å². The maximum atomic E-state index is 13.5. The molecule has 2 fully saturated rings. The van der Waals surface area contributed by atoms with E-state index in [1.54, 1.807) is 23.4 Å². The standard InChI is InChI=1S/C26H31N7O3/c1-18-15-19-16-20(8-9-22(19)36-18)29-26(31-25-27-10-6-11-28-25)30-21-7-2-3-14-33(24(21)35)17-23(34)32-12-4-5-13-32/h6,8-11,15-16,21H,2-5,7,12-14,17H2,1H3,(H2,27,28,29,30,31). The maximum Gasteiger partial charge on any atom is 0.247 e. The summed E-state index contributed by atoms with van der Waals surface area (Å²) >= 11 is 0. The number of rotatable bonds is 5. The predicted octanol–water partition coefficient (Wildman–Crippen LogP) is 3.41. The van der Waals surface area contributed by atoms with E-state index in [1.807, 2.05) is 36.1 Å². The second-order valence-electron chi connectivity index (χ2n) is 9.27. The van der Waals surface area contributed by atoms with Crippen molar-refractivity contribution in [3.05, 3.63) is 48.5 Å². The van der Waals surface area contributed by atoms with Crippen molar-refractivity contribution in [1.29, 1.82) is 0 Å². The summed E-state index contributed by atoms with van der Waals surface area (Å²) < 4.78 is 5.68. The van der Waals surface area contributed by atoms with Gasteiger partial charge in [0.2, 0.25) is 23.7 Å². The molecule has 0 aliphatic carbocycles. The lowest BCUT2D eigenvalue weighted by atomic mass is 10.1. The van der Waals surface area contributed by atoms with Crippen molar-refractivity contribution in [1.82, 2.24) is 19.8 Å². The molecule has 0 radical (unpaired) electrons. The van der Waals surface area contributed by atoms with Crippen LogP contribution in [0.15, 0.2) is 52.1 Å². The number of aromatic nitrogens is 2. The molecule has 2 N–H and O–H groups in total. The third-order valence-electron chi connectivity index (χ3n) is 6.52. The van der Waals surface area contributed by atoms with Crippen molar-refractivity contribution in [3.8, 4) is 0 Å². The highest BCUT2D eigenvalue weighted by atomic mass is 16.3. The Morgan fingerprint density at radius 2 is 1.86 bits per heavy atom. The molecule has 188 valence electrons. The van der Waals surface area contributed by atoms with Gasteiger partial charge >= 0.3 is 0 Å². The Kier molecular flexibility index (Phi) is 7.11. The zero-order valence-corrected chi connectivity index (χ0v) is 20.4. The Labute approximate surface area is 209 Å². The SMILES string of the molecule is Cc1cc2cc(NC(=NC3CCCCN(CC(=O)N4CCCC4)C3=O)Nc3ncccn3)ccc2o1. The molecule has 10 nitrogen and oxygen atoms in total. The number of benzene rings is 1. The van der Waals surface area contributed by atoms with Crippen LogP contribution in [0.2, 0.25) is 0 Å². The number of furan rings is 1. The Morgan fingerprint density at radius 1 is 1.08 bits per heavy atom. The lowest BCUT2D eigenvalue weighted by Crippen LogP contribution is -2.45. The molecule has 0 spiro atoms. The molecule has 2 aromatic heterocycles. The van der Waals surface area contributed by atoms with Crippen LogP contribution in [-0.2, 0) is 9.59 Å². The average molecular weight is 490 g/mol. The van der Waals surface area contributed by atoms with Crippen LogP contribution >= 0.6 is 0 Å².